The van der Waals surface area contributed by atoms with Crippen molar-refractivity contribution in [2.24, 2.45) is 0 Å². The van der Waals surface area contributed by atoms with E-state index in [2.05, 4.69) is 15.4 Å². The van der Waals surface area contributed by atoms with Crippen LogP contribution in [0.25, 0.3) is 5.82 Å². The number of nitrogens with one attached hydrogen (secondary N) is 1. The number of pyridine rings is 1. The van der Waals surface area contributed by atoms with Crippen LogP contribution in [-0.4, -0.2) is 21.8 Å². The van der Waals surface area contributed by atoms with Crippen molar-refractivity contribution in [2.45, 2.75) is 6.18 Å². The predicted molar refractivity (Wildman–Crippen MR) is 65.9 cm³/mol. The molecule has 4 nitrogen and oxygen atoms in total. The van der Waals surface area contributed by atoms with Gasteiger partial charge in [0.05, 0.1) is 10.0 Å². The van der Waals surface area contributed by atoms with Gasteiger partial charge >= 0.3 is 6.18 Å². The van der Waals surface area contributed by atoms with Crippen LogP contribution in [0.15, 0.2) is 18.3 Å². The zero-order valence-electron chi connectivity index (χ0n) is 9.46. The lowest BCUT2D eigenvalue weighted by Crippen LogP contribution is -2.08. The number of aromatic nitrogens is 3. The van der Waals surface area contributed by atoms with E-state index >= 15 is 0 Å². The minimum absolute atomic E-state index is 0.0610. The molecule has 0 spiro atoms. The average Bonchev–Trinajstić information content (AvgIpc) is 2.78. The van der Waals surface area contributed by atoms with Gasteiger partial charge < -0.3 is 5.32 Å². The number of rotatable bonds is 2. The van der Waals surface area contributed by atoms with Gasteiger partial charge in [0.1, 0.15) is 5.82 Å². The van der Waals surface area contributed by atoms with E-state index in [9.17, 15) is 13.2 Å². The van der Waals surface area contributed by atoms with Crippen LogP contribution in [0.1, 0.15) is 5.69 Å². The zero-order valence-corrected chi connectivity index (χ0v) is 11.0. The molecule has 0 aromatic carbocycles. The Hall–Kier alpha value is -1.47. The Morgan fingerprint density at radius 1 is 1.26 bits per heavy atom. The second-order valence-corrected chi connectivity index (χ2v) is 4.33. The topological polar surface area (TPSA) is 42.7 Å². The van der Waals surface area contributed by atoms with Crippen LogP contribution in [-0.2, 0) is 6.18 Å². The van der Waals surface area contributed by atoms with Gasteiger partial charge in [-0.15, -0.1) is 0 Å². The molecular formula is C10H7Cl2F3N4. The Balaban J connectivity index is 2.50. The summed E-state index contributed by atoms with van der Waals surface area (Å²) in [7, 11) is 1.58. The second kappa shape index (κ2) is 4.90. The molecule has 0 fully saturated rings. The molecule has 0 saturated carbocycles. The monoisotopic (exact) mass is 310 g/mol. The van der Waals surface area contributed by atoms with Crippen LogP contribution < -0.4 is 5.32 Å². The summed E-state index contributed by atoms with van der Waals surface area (Å²) in [5.41, 5.74) is -1.02. The minimum Gasteiger partial charge on any atom is -0.372 e. The third kappa shape index (κ3) is 2.76. The predicted octanol–water partition coefficient (Wildman–Crippen LogP) is 3.63. The molecule has 0 amide bonds. The third-order valence-electron chi connectivity index (χ3n) is 2.24. The molecule has 0 radical (unpaired) electrons. The van der Waals surface area contributed by atoms with Gasteiger partial charge in [0.2, 0.25) is 0 Å². The molecule has 102 valence electrons. The van der Waals surface area contributed by atoms with Crippen molar-refractivity contribution in [3.05, 3.63) is 34.1 Å². The number of hydrogen-bond acceptors (Lipinski definition) is 3. The Kier molecular flexibility index (Phi) is 3.60. The maximum absolute atomic E-state index is 12.5. The fourth-order valence-electron chi connectivity index (χ4n) is 1.39. The molecule has 2 rings (SSSR count). The maximum Gasteiger partial charge on any atom is 0.435 e. The van der Waals surface area contributed by atoms with E-state index in [1.165, 1.54) is 6.07 Å². The van der Waals surface area contributed by atoms with Crippen LogP contribution in [0.5, 0.6) is 0 Å². The van der Waals surface area contributed by atoms with E-state index in [1.807, 2.05) is 0 Å². The van der Waals surface area contributed by atoms with Gasteiger partial charge in [0, 0.05) is 13.2 Å². The Bertz CT molecular complexity index is 609. The number of nitrogens with zero attached hydrogens (tertiary/aromatic N) is 3. The minimum atomic E-state index is -4.52. The third-order valence-corrected chi connectivity index (χ3v) is 2.81. The molecular weight excluding hydrogens is 304 g/mol. The summed E-state index contributed by atoms with van der Waals surface area (Å²) < 4.78 is 38.3. The van der Waals surface area contributed by atoms with Crippen molar-refractivity contribution in [3.8, 4) is 5.82 Å². The highest BCUT2D eigenvalue weighted by Crippen LogP contribution is 2.30. The standard InChI is InChI=1S/C10H7Cl2F3N4/c1-16-8-5(11)4-6(12)9(17-8)19-3-2-7(18-19)10(13,14)15/h2-4H,1H3,(H,16,17). The molecule has 0 aliphatic heterocycles. The van der Waals surface area contributed by atoms with Gasteiger partial charge in [0.25, 0.3) is 0 Å². The molecule has 0 unspecified atom stereocenters. The van der Waals surface area contributed by atoms with Gasteiger partial charge in [-0.05, 0) is 12.1 Å². The molecule has 1 N–H and O–H groups in total. The first-order chi connectivity index (χ1) is 8.82. The van der Waals surface area contributed by atoms with Crippen LogP contribution in [0.4, 0.5) is 19.0 Å². The van der Waals surface area contributed by atoms with Crippen molar-refractivity contribution in [3.63, 3.8) is 0 Å². The Morgan fingerprint density at radius 3 is 2.47 bits per heavy atom. The fraction of sp³-hybridized carbons (Fsp3) is 0.200. The summed E-state index contributed by atoms with van der Waals surface area (Å²) in [6, 6.07) is 2.22. The molecule has 0 bridgehead atoms. The fourth-order valence-corrected chi connectivity index (χ4v) is 1.93. The molecule has 2 aromatic heterocycles. The van der Waals surface area contributed by atoms with Crippen molar-refractivity contribution in [1.82, 2.24) is 14.8 Å². The summed E-state index contributed by atoms with van der Waals surface area (Å²) in [6.07, 6.45) is -3.39. The number of hydrogen-bond donors (Lipinski definition) is 1. The first kappa shape index (κ1) is 14.0. The summed E-state index contributed by atoms with van der Waals surface area (Å²) in [4.78, 5) is 4.01. The molecule has 0 atom stereocenters. The highest BCUT2D eigenvalue weighted by molar-refractivity contribution is 6.36. The quantitative estimate of drug-likeness (QED) is 0.921. The molecule has 0 aliphatic rings. The average molecular weight is 311 g/mol. The SMILES string of the molecule is CNc1nc(-n2ccc(C(F)(F)F)n2)c(Cl)cc1Cl. The molecule has 2 aromatic rings. The summed E-state index contributed by atoms with van der Waals surface area (Å²) >= 11 is 11.7. The van der Waals surface area contributed by atoms with Crippen LogP contribution in [0, 0.1) is 0 Å². The Morgan fingerprint density at radius 2 is 1.95 bits per heavy atom. The summed E-state index contributed by atoms with van der Waals surface area (Å²) in [6.45, 7) is 0. The lowest BCUT2D eigenvalue weighted by molar-refractivity contribution is -0.141. The van der Waals surface area contributed by atoms with Crippen molar-refractivity contribution >= 4 is 29.0 Å². The zero-order chi connectivity index (χ0) is 14.2. The molecule has 0 aliphatic carbocycles. The van der Waals surface area contributed by atoms with E-state index in [1.54, 1.807) is 7.05 Å². The molecule has 9 heteroatoms. The smallest absolute Gasteiger partial charge is 0.372 e. The number of alkyl halides is 3. The highest BCUT2D eigenvalue weighted by Gasteiger charge is 2.33. The Labute approximate surface area is 116 Å². The molecule has 0 saturated heterocycles. The number of anilines is 1. The lowest BCUT2D eigenvalue weighted by Gasteiger charge is -2.08. The van der Waals surface area contributed by atoms with E-state index in [0.717, 1.165) is 16.9 Å². The lowest BCUT2D eigenvalue weighted by atomic mass is 10.4. The van der Waals surface area contributed by atoms with Crippen LogP contribution >= 0.6 is 23.2 Å². The van der Waals surface area contributed by atoms with Gasteiger partial charge in [-0.2, -0.15) is 18.3 Å². The van der Waals surface area contributed by atoms with Crippen molar-refractivity contribution < 1.29 is 13.2 Å². The van der Waals surface area contributed by atoms with Crippen LogP contribution in [0.2, 0.25) is 10.0 Å². The first-order valence-electron chi connectivity index (χ1n) is 5.00. The van der Waals surface area contributed by atoms with Gasteiger partial charge in [-0.25, -0.2) is 9.67 Å². The van der Waals surface area contributed by atoms with Crippen molar-refractivity contribution in [1.29, 1.82) is 0 Å². The highest BCUT2D eigenvalue weighted by atomic mass is 35.5. The van der Waals surface area contributed by atoms with E-state index in [0.29, 0.717) is 5.82 Å². The summed E-state index contributed by atoms with van der Waals surface area (Å²) in [5, 5.41) is 6.46. The largest absolute Gasteiger partial charge is 0.435 e. The maximum atomic E-state index is 12.5. The van der Waals surface area contributed by atoms with Crippen molar-refractivity contribution in [2.75, 3.05) is 12.4 Å². The summed E-state index contributed by atoms with van der Waals surface area (Å²) in [5.74, 6) is 0.357. The molecule has 19 heavy (non-hydrogen) atoms. The van der Waals surface area contributed by atoms with Crippen LogP contribution in [0.3, 0.4) is 0 Å². The number of halogens is 5. The first-order valence-corrected chi connectivity index (χ1v) is 5.75. The normalized spacial score (nSPS) is 11.7. The molecule has 2 heterocycles. The van der Waals surface area contributed by atoms with E-state index in [-0.39, 0.29) is 15.9 Å². The van der Waals surface area contributed by atoms with Gasteiger partial charge in [-0.3, -0.25) is 0 Å². The van der Waals surface area contributed by atoms with E-state index in [4.69, 9.17) is 23.2 Å². The van der Waals surface area contributed by atoms with Gasteiger partial charge in [0.15, 0.2) is 11.5 Å². The van der Waals surface area contributed by atoms with E-state index < -0.39 is 11.9 Å². The van der Waals surface area contributed by atoms with Gasteiger partial charge in [-0.1, -0.05) is 23.2 Å². The second-order valence-electron chi connectivity index (χ2n) is 3.52.